The normalized spacial score (nSPS) is 27.2. The van der Waals surface area contributed by atoms with Crippen molar-refractivity contribution in [1.29, 1.82) is 0 Å². The van der Waals surface area contributed by atoms with Crippen molar-refractivity contribution in [2.75, 3.05) is 18.0 Å². The van der Waals surface area contributed by atoms with Crippen molar-refractivity contribution in [1.82, 2.24) is 0 Å². The van der Waals surface area contributed by atoms with Crippen molar-refractivity contribution >= 4 is 17.3 Å². The Labute approximate surface area is 120 Å². The molecule has 1 heterocycles. The Morgan fingerprint density at radius 2 is 1.95 bits per heavy atom. The summed E-state index contributed by atoms with van der Waals surface area (Å²) in [4.78, 5) is 2.40. The largest absolute Gasteiger partial charge is 0.392 e. The molecule has 1 N–H and O–H groups in total. The van der Waals surface area contributed by atoms with E-state index in [0.717, 1.165) is 41.2 Å². The molecule has 1 aliphatic carbocycles. The van der Waals surface area contributed by atoms with Crippen LogP contribution in [0.4, 0.5) is 5.69 Å². The van der Waals surface area contributed by atoms with Crippen LogP contribution in [-0.2, 0) is 6.61 Å². The van der Waals surface area contributed by atoms with E-state index in [2.05, 4.69) is 4.90 Å². The highest BCUT2D eigenvalue weighted by Gasteiger charge is 2.32. The highest BCUT2D eigenvalue weighted by atomic mass is 35.5. The second kappa shape index (κ2) is 5.72. The van der Waals surface area contributed by atoms with Crippen molar-refractivity contribution in [3.05, 3.63) is 28.8 Å². The lowest BCUT2D eigenvalue weighted by molar-refractivity contribution is 0.202. The van der Waals surface area contributed by atoms with Crippen LogP contribution in [0, 0.1) is 11.8 Å². The molecule has 1 aliphatic heterocycles. The minimum Gasteiger partial charge on any atom is -0.392 e. The summed E-state index contributed by atoms with van der Waals surface area (Å²) >= 11 is 6.36. The first-order chi connectivity index (χ1) is 9.29. The molecule has 0 bridgehead atoms. The molecule has 1 aromatic carbocycles. The zero-order valence-corrected chi connectivity index (χ0v) is 12.1. The highest BCUT2D eigenvalue weighted by molar-refractivity contribution is 6.33. The van der Waals surface area contributed by atoms with Crippen LogP contribution in [0.25, 0.3) is 0 Å². The van der Waals surface area contributed by atoms with E-state index < -0.39 is 0 Å². The number of anilines is 1. The number of fused-ring (bicyclic) bond motifs is 1. The molecule has 3 rings (SSSR count). The lowest BCUT2D eigenvalue weighted by Crippen LogP contribution is -2.42. The summed E-state index contributed by atoms with van der Waals surface area (Å²) in [5.74, 6) is 1.75. The first-order valence-corrected chi connectivity index (χ1v) is 7.80. The Bertz CT molecular complexity index is 448. The van der Waals surface area contributed by atoms with Gasteiger partial charge in [0.05, 0.1) is 17.3 Å². The third-order valence-corrected chi connectivity index (χ3v) is 5.15. The molecule has 2 nitrogen and oxygen atoms in total. The predicted octanol–water partition coefficient (Wildman–Crippen LogP) is 3.85. The monoisotopic (exact) mass is 279 g/mol. The van der Waals surface area contributed by atoms with Gasteiger partial charge in [0.15, 0.2) is 0 Å². The topological polar surface area (TPSA) is 23.5 Å². The van der Waals surface area contributed by atoms with Gasteiger partial charge < -0.3 is 10.0 Å². The standard InChI is InChI=1S/C16H22ClNO/c17-15-7-3-6-14(11-19)16(15)18-9-8-12-4-1-2-5-13(12)10-18/h3,6-7,12-13,19H,1-2,4-5,8-11H2. The fourth-order valence-electron chi connectivity index (χ4n) is 3.85. The maximum Gasteiger partial charge on any atom is 0.0702 e. The number of nitrogens with zero attached hydrogens (tertiary/aromatic N) is 1. The van der Waals surface area contributed by atoms with E-state index in [1.165, 1.54) is 32.1 Å². The van der Waals surface area contributed by atoms with E-state index in [1.54, 1.807) is 0 Å². The Kier molecular flexibility index (Phi) is 3.99. The van der Waals surface area contributed by atoms with Gasteiger partial charge >= 0.3 is 0 Å². The van der Waals surface area contributed by atoms with Crippen LogP contribution >= 0.6 is 11.6 Å². The molecule has 2 aliphatic rings. The molecule has 2 fully saturated rings. The van der Waals surface area contributed by atoms with Gasteiger partial charge in [0.2, 0.25) is 0 Å². The lowest BCUT2D eigenvalue weighted by atomic mass is 9.75. The molecule has 2 unspecified atom stereocenters. The number of rotatable bonds is 2. The third kappa shape index (κ3) is 2.61. The second-order valence-electron chi connectivity index (χ2n) is 5.94. The molecule has 2 atom stereocenters. The molecule has 104 valence electrons. The number of para-hydroxylation sites is 1. The Hall–Kier alpha value is -0.730. The van der Waals surface area contributed by atoms with Gasteiger partial charge in [0.25, 0.3) is 0 Å². The summed E-state index contributed by atoms with van der Waals surface area (Å²) in [5, 5.41) is 10.3. The summed E-state index contributed by atoms with van der Waals surface area (Å²) in [5.41, 5.74) is 2.03. The van der Waals surface area contributed by atoms with E-state index in [1.807, 2.05) is 18.2 Å². The molecular weight excluding hydrogens is 258 g/mol. The zero-order chi connectivity index (χ0) is 13.2. The van der Waals surface area contributed by atoms with E-state index in [0.29, 0.717) is 0 Å². The molecule has 0 radical (unpaired) electrons. The number of aliphatic hydroxyl groups is 1. The minimum absolute atomic E-state index is 0.0699. The molecule has 0 amide bonds. The number of benzene rings is 1. The molecule has 1 saturated heterocycles. The molecule has 0 aromatic heterocycles. The highest BCUT2D eigenvalue weighted by Crippen LogP contribution is 2.40. The van der Waals surface area contributed by atoms with Crippen molar-refractivity contribution in [2.24, 2.45) is 11.8 Å². The number of halogens is 1. The number of aliphatic hydroxyl groups excluding tert-OH is 1. The molecule has 1 aromatic rings. The van der Waals surface area contributed by atoms with Gasteiger partial charge in [-0.15, -0.1) is 0 Å². The van der Waals surface area contributed by atoms with Gasteiger partial charge in [-0.2, -0.15) is 0 Å². The maximum absolute atomic E-state index is 9.52. The van der Waals surface area contributed by atoms with Gasteiger partial charge in [0, 0.05) is 18.7 Å². The maximum atomic E-state index is 9.52. The number of piperidine rings is 1. The van der Waals surface area contributed by atoms with E-state index >= 15 is 0 Å². The Balaban J connectivity index is 1.83. The van der Waals surface area contributed by atoms with Crippen molar-refractivity contribution in [3.8, 4) is 0 Å². The number of hydrogen-bond acceptors (Lipinski definition) is 2. The fourth-order valence-corrected chi connectivity index (χ4v) is 4.16. The van der Waals surface area contributed by atoms with E-state index in [4.69, 9.17) is 11.6 Å². The first-order valence-electron chi connectivity index (χ1n) is 7.43. The van der Waals surface area contributed by atoms with Crippen LogP contribution in [0.2, 0.25) is 5.02 Å². The van der Waals surface area contributed by atoms with Crippen LogP contribution < -0.4 is 4.90 Å². The van der Waals surface area contributed by atoms with Gasteiger partial charge in [-0.05, 0) is 30.7 Å². The SMILES string of the molecule is OCc1cccc(Cl)c1N1CCC2CCCCC2C1. The number of hydrogen-bond donors (Lipinski definition) is 1. The van der Waals surface area contributed by atoms with Gasteiger partial charge in [-0.3, -0.25) is 0 Å². The van der Waals surface area contributed by atoms with Crippen LogP contribution in [-0.4, -0.2) is 18.2 Å². The third-order valence-electron chi connectivity index (χ3n) is 4.85. The molecule has 0 spiro atoms. The lowest BCUT2D eigenvalue weighted by Gasteiger charge is -2.43. The van der Waals surface area contributed by atoms with Gasteiger partial charge in [-0.1, -0.05) is 43.0 Å². The summed E-state index contributed by atoms with van der Waals surface area (Å²) in [7, 11) is 0. The van der Waals surface area contributed by atoms with Gasteiger partial charge in [-0.25, -0.2) is 0 Å². The van der Waals surface area contributed by atoms with Crippen molar-refractivity contribution in [3.63, 3.8) is 0 Å². The molecular formula is C16H22ClNO. The summed E-state index contributed by atoms with van der Waals surface area (Å²) < 4.78 is 0. The zero-order valence-electron chi connectivity index (χ0n) is 11.3. The summed E-state index contributed by atoms with van der Waals surface area (Å²) in [6.07, 6.45) is 6.84. The first kappa shape index (κ1) is 13.3. The fraction of sp³-hybridized carbons (Fsp3) is 0.625. The van der Waals surface area contributed by atoms with Gasteiger partial charge in [0.1, 0.15) is 0 Å². The quantitative estimate of drug-likeness (QED) is 0.889. The summed E-state index contributed by atoms with van der Waals surface area (Å²) in [6, 6.07) is 5.84. The smallest absolute Gasteiger partial charge is 0.0702 e. The van der Waals surface area contributed by atoms with Crippen molar-refractivity contribution < 1.29 is 5.11 Å². The molecule has 3 heteroatoms. The average molecular weight is 280 g/mol. The minimum atomic E-state index is 0.0699. The Morgan fingerprint density at radius 3 is 2.74 bits per heavy atom. The van der Waals surface area contributed by atoms with Crippen LogP contribution in [0.1, 0.15) is 37.7 Å². The van der Waals surface area contributed by atoms with Crippen LogP contribution in [0.5, 0.6) is 0 Å². The molecule has 19 heavy (non-hydrogen) atoms. The van der Waals surface area contributed by atoms with Crippen LogP contribution in [0.3, 0.4) is 0 Å². The molecule has 1 saturated carbocycles. The second-order valence-corrected chi connectivity index (χ2v) is 6.35. The van der Waals surface area contributed by atoms with E-state index in [9.17, 15) is 5.11 Å². The van der Waals surface area contributed by atoms with Crippen molar-refractivity contribution in [2.45, 2.75) is 38.7 Å². The van der Waals surface area contributed by atoms with E-state index in [-0.39, 0.29) is 6.61 Å². The van der Waals surface area contributed by atoms with Crippen LogP contribution in [0.15, 0.2) is 18.2 Å². The average Bonchev–Trinajstić information content (AvgIpc) is 2.46. The summed E-state index contributed by atoms with van der Waals surface area (Å²) in [6.45, 7) is 2.26. The predicted molar refractivity (Wildman–Crippen MR) is 79.7 cm³/mol. The Morgan fingerprint density at radius 1 is 1.16 bits per heavy atom.